The predicted molar refractivity (Wildman–Crippen MR) is 113 cm³/mol. The molecule has 0 bridgehead atoms. The molecule has 4 aromatic heterocycles. The Hall–Kier alpha value is -2.73. The first-order chi connectivity index (χ1) is 14.6. The van der Waals surface area contributed by atoms with Crippen LogP contribution in [0.3, 0.4) is 0 Å². The van der Waals surface area contributed by atoms with Crippen LogP contribution in [-0.4, -0.2) is 42.2 Å². The minimum absolute atomic E-state index is 0.0764. The van der Waals surface area contributed by atoms with Crippen molar-refractivity contribution in [1.82, 2.24) is 29.3 Å². The van der Waals surface area contributed by atoms with Crippen molar-refractivity contribution in [2.75, 3.05) is 7.05 Å². The number of aryl methyl sites for hydroxylation is 2. The molecule has 0 unspecified atom stereocenters. The van der Waals surface area contributed by atoms with Crippen LogP contribution >= 0.6 is 27.3 Å². The third kappa shape index (κ3) is 3.97. The molecule has 162 valence electrons. The first kappa shape index (κ1) is 21.5. The van der Waals surface area contributed by atoms with E-state index in [1.807, 2.05) is 6.92 Å². The number of fused-ring (bicyclic) bond motifs is 1. The van der Waals surface area contributed by atoms with E-state index in [9.17, 15) is 18.0 Å². The number of amides is 1. The Morgan fingerprint density at radius 2 is 2.06 bits per heavy atom. The number of carbonyl (C=O) groups excluding carboxylic acids is 1. The lowest BCUT2D eigenvalue weighted by Gasteiger charge is -2.15. The van der Waals surface area contributed by atoms with E-state index in [1.54, 1.807) is 42.5 Å². The van der Waals surface area contributed by atoms with E-state index in [2.05, 4.69) is 31.1 Å². The molecule has 7 nitrogen and oxygen atoms in total. The summed E-state index contributed by atoms with van der Waals surface area (Å²) in [6, 6.07) is 4.36. The van der Waals surface area contributed by atoms with Gasteiger partial charge in [0.25, 0.3) is 5.91 Å². The second-order valence-corrected chi connectivity index (χ2v) is 8.72. The smallest absolute Gasteiger partial charge is 0.336 e. The van der Waals surface area contributed by atoms with Gasteiger partial charge in [-0.2, -0.15) is 23.4 Å². The van der Waals surface area contributed by atoms with Gasteiger partial charge in [-0.05, 0) is 40.4 Å². The standard InChI is InChI=1S/C19H16BrF3N6OS/c1-10-11(9-28(3)25-10)8-27(2)18(30)16-15(20)17-24-12(13-5-4-6-31-13)7-14(19(21,22)23)29(17)26-16/h4-7,9H,8H2,1-3H3. The van der Waals surface area contributed by atoms with Gasteiger partial charge in [-0.15, -0.1) is 11.3 Å². The lowest BCUT2D eigenvalue weighted by atomic mass is 10.2. The van der Waals surface area contributed by atoms with Crippen LogP contribution in [0.15, 0.2) is 34.2 Å². The molecule has 0 saturated carbocycles. The van der Waals surface area contributed by atoms with Gasteiger partial charge in [-0.25, -0.2) is 9.50 Å². The monoisotopic (exact) mass is 512 g/mol. The van der Waals surface area contributed by atoms with Crippen LogP contribution in [0.2, 0.25) is 0 Å². The van der Waals surface area contributed by atoms with E-state index in [4.69, 9.17) is 0 Å². The van der Waals surface area contributed by atoms with Crippen LogP contribution in [-0.2, 0) is 19.8 Å². The van der Waals surface area contributed by atoms with Crippen molar-refractivity contribution in [3.8, 4) is 10.6 Å². The van der Waals surface area contributed by atoms with Crippen molar-refractivity contribution in [2.45, 2.75) is 19.6 Å². The Morgan fingerprint density at radius 3 is 2.65 bits per heavy atom. The van der Waals surface area contributed by atoms with Gasteiger partial charge in [0.2, 0.25) is 0 Å². The van der Waals surface area contributed by atoms with Gasteiger partial charge in [-0.3, -0.25) is 9.48 Å². The molecular formula is C19H16BrF3N6OS. The Kier molecular flexibility index (Phi) is 5.38. The zero-order chi connectivity index (χ0) is 22.5. The Labute approximate surface area is 187 Å². The van der Waals surface area contributed by atoms with Gasteiger partial charge in [0.15, 0.2) is 17.0 Å². The average Bonchev–Trinajstić information content (AvgIpc) is 3.40. The maximum atomic E-state index is 13.8. The summed E-state index contributed by atoms with van der Waals surface area (Å²) in [6.07, 6.45) is -2.90. The summed E-state index contributed by atoms with van der Waals surface area (Å²) in [5.74, 6) is -0.536. The van der Waals surface area contributed by atoms with Crippen LogP contribution in [0.4, 0.5) is 13.2 Å². The van der Waals surface area contributed by atoms with E-state index >= 15 is 0 Å². The molecule has 0 spiro atoms. The van der Waals surface area contributed by atoms with Crippen LogP contribution < -0.4 is 0 Å². The highest BCUT2D eigenvalue weighted by Gasteiger charge is 2.37. The van der Waals surface area contributed by atoms with Gasteiger partial charge in [0.05, 0.1) is 20.7 Å². The van der Waals surface area contributed by atoms with Crippen LogP contribution in [0.1, 0.15) is 27.4 Å². The van der Waals surface area contributed by atoms with Gasteiger partial charge < -0.3 is 4.90 Å². The first-order valence-corrected chi connectivity index (χ1v) is 10.7. The lowest BCUT2D eigenvalue weighted by molar-refractivity contribution is -0.142. The van der Waals surface area contributed by atoms with Crippen molar-refractivity contribution in [2.24, 2.45) is 7.05 Å². The average molecular weight is 513 g/mol. The van der Waals surface area contributed by atoms with E-state index in [0.29, 0.717) is 9.39 Å². The number of rotatable bonds is 4. The number of thiophene rings is 1. The molecule has 0 aliphatic heterocycles. The zero-order valence-electron chi connectivity index (χ0n) is 16.6. The summed E-state index contributed by atoms with van der Waals surface area (Å²) in [4.78, 5) is 19.3. The topological polar surface area (TPSA) is 68.3 Å². The molecule has 0 aromatic carbocycles. The maximum Gasteiger partial charge on any atom is 0.433 e. The van der Waals surface area contributed by atoms with Crippen LogP contribution in [0.25, 0.3) is 16.2 Å². The molecule has 12 heteroatoms. The molecule has 4 heterocycles. The van der Waals surface area contributed by atoms with E-state index in [-0.39, 0.29) is 28.1 Å². The van der Waals surface area contributed by atoms with Crippen LogP contribution in [0.5, 0.6) is 0 Å². The summed E-state index contributed by atoms with van der Waals surface area (Å²) in [5.41, 5.74) is 0.517. The van der Waals surface area contributed by atoms with E-state index in [0.717, 1.165) is 17.3 Å². The zero-order valence-corrected chi connectivity index (χ0v) is 19.0. The molecule has 0 saturated heterocycles. The minimum Gasteiger partial charge on any atom is -0.336 e. The van der Waals surface area contributed by atoms with Crippen molar-refractivity contribution in [3.05, 3.63) is 56.9 Å². The minimum atomic E-state index is -4.68. The van der Waals surface area contributed by atoms with Crippen molar-refractivity contribution >= 4 is 38.8 Å². The molecule has 0 aliphatic rings. The third-order valence-electron chi connectivity index (χ3n) is 4.67. The SMILES string of the molecule is Cc1nn(C)cc1CN(C)C(=O)c1nn2c(C(F)(F)F)cc(-c3cccs3)nc2c1Br. The highest BCUT2D eigenvalue weighted by atomic mass is 79.9. The van der Waals surface area contributed by atoms with Gasteiger partial charge in [-0.1, -0.05) is 6.07 Å². The van der Waals surface area contributed by atoms with Gasteiger partial charge >= 0.3 is 6.18 Å². The fraction of sp³-hybridized carbons (Fsp3) is 0.263. The second-order valence-electron chi connectivity index (χ2n) is 6.97. The molecule has 0 atom stereocenters. The number of carbonyl (C=O) groups is 1. The summed E-state index contributed by atoms with van der Waals surface area (Å²) in [7, 11) is 3.33. The van der Waals surface area contributed by atoms with Crippen molar-refractivity contribution in [1.29, 1.82) is 0 Å². The molecule has 0 radical (unpaired) electrons. The predicted octanol–water partition coefficient (Wildman–Crippen LogP) is 4.55. The van der Waals surface area contributed by atoms with E-state index < -0.39 is 17.8 Å². The molecule has 4 aromatic rings. The summed E-state index contributed by atoms with van der Waals surface area (Å²) in [5, 5.41) is 9.96. The Balaban J connectivity index is 1.79. The lowest BCUT2D eigenvalue weighted by Crippen LogP contribution is -2.27. The molecule has 0 N–H and O–H groups in total. The molecule has 4 rings (SSSR count). The molecule has 1 amide bonds. The normalized spacial score (nSPS) is 12.0. The molecular weight excluding hydrogens is 497 g/mol. The third-order valence-corrected chi connectivity index (χ3v) is 6.29. The van der Waals surface area contributed by atoms with Crippen molar-refractivity contribution < 1.29 is 18.0 Å². The fourth-order valence-electron chi connectivity index (χ4n) is 3.19. The Bertz CT molecular complexity index is 1280. The summed E-state index contributed by atoms with van der Waals surface area (Å²) < 4.78 is 43.7. The number of alkyl halides is 3. The molecule has 0 aliphatic carbocycles. The number of aromatic nitrogens is 5. The molecule has 0 fully saturated rings. The molecule has 31 heavy (non-hydrogen) atoms. The van der Waals surface area contributed by atoms with Gasteiger partial charge in [0.1, 0.15) is 0 Å². The number of hydrogen-bond acceptors (Lipinski definition) is 5. The highest BCUT2D eigenvalue weighted by molar-refractivity contribution is 9.10. The van der Waals surface area contributed by atoms with Crippen molar-refractivity contribution in [3.63, 3.8) is 0 Å². The number of nitrogens with zero attached hydrogens (tertiary/aromatic N) is 6. The summed E-state index contributed by atoms with van der Waals surface area (Å²) in [6.45, 7) is 2.05. The quantitative estimate of drug-likeness (QED) is 0.402. The van der Waals surface area contributed by atoms with E-state index in [1.165, 1.54) is 16.2 Å². The number of hydrogen-bond donors (Lipinski definition) is 0. The second kappa shape index (κ2) is 7.75. The number of halogens is 4. The fourth-order valence-corrected chi connectivity index (χ4v) is 4.38. The summed E-state index contributed by atoms with van der Waals surface area (Å²) >= 11 is 4.52. The highest BCUT2D eigenvalue weighted by Crippen LogP contribution is 2.35. The first-order valence-electron chi connectivity index (χ1n) is 9.01. The maximum absolute atomic E-state index is 13.8. The van der Waals surface area contributed by atoms with Crippen LogP contribution in [0, 0.1) is 6.92 Å². The van der Waals surface area contributed by atoms with Gasteiger partial charge in [0, 0.05) is 32.4 Å². The largest absolute Gasteiger partial charge is 0.433 e. The Morgan fingerprint density at radius 1 is 1.32 bits per heavy atom.